The summed E-state index contributed by atoms with van der Waals surface area (Å²) in [5.74, 6) is 7.18. The topological polar surface area (TPSA) is 80.4 Å². The first-order chi connectivity index (χ1) is 29.9. The molecule has 16 aliphatic rings. The van der Waals surface area contributed by atoms with Crippen molar-refractivity contribution in [1.29, 1.82) is 0 Å². The van der Waals surface area contributed by atoms with Crippen LogP contribution in [0.2, 0.25) is 0 Å². The zero-order valence-corrected chi connectivity index (χ0v) is 41.9. The fourth-order valence-electron chi connectivity index (χ4n) is 15.2. The number of fused-ring (bicyclic) bond motifs is 12. The van der Waals surface area contributed by atoms with Crippen LogP contribution in [-0.2, 0) is 18.9 Å². The van der Waals surface area contributed by atoms with Crippen LogP contribution in [0.15, 0.2) is 0 Å². The van der Waals surface area contributed by atoms with Crippen LogP contribution in [0, 0.1) is 47.3 Å². The van der Waals surface area contributed by atoms with E-state index in [9.17, 15) is 0 Å². The number of piperidine rings is 10. The summed E-state index contributed by atoms with van der Waals surface area (Å²) < 4.78 is 21.5. The zero-order valence-electron chi connectivity index (χ0n) is 41.9. The van der Waals surface area contributed by atoms with Crippen molar-refractivity contribution in [3.8, 4) is 0 Å². The molecule has 4 aliphatic carbocycles. The Kier molecular flexibility index (Phi) is 18.0. The quantitative estimate of drug-likeness (QED) is 0.406. The lowest BCUT2D eigenvalue weighted by atomic mass is 9.66. The monoisotopic (exact) mass is 873 g/mol. The molecule has 12 heteroatoms. The maximum Gasteiger partial charge on any atom is 0.0652 e. The van der Waals surface area contributed by atoms with Crippen molar-refractivity contribution in [1.82, 2.24) is 40.0 Å². The van der Waals surface area contributed by atoms with Crippen molar-refractivity contribution in [2.24, 2.45) is 47.3 Å². The van der Waals surface area contributed by atoms with Gasteiger partial charge in [0.25, 0.3) is 0 Å². The van der Waals surface area contributed by atoms with E-state index in [-0.39, 0.29) is 0 Å². The summed E-state index contributed by atoms with van der Waals surface area (Å²) >= 11 is 0. The molecule has 0 aromatic carbocycles. The van der Waals surface area contributed by atoms with E-state index in [0.29, 0.717) is 24.4 Å². The molecule has 2 N–H and O–H groups in total. The average Bonchev–Trinajstić information content (AvgIpc) is 3.55. The maximum atomic E-state index is 5.39. The van der Waals surface area contributed by atoms with Gasteiger partial charge in [0.05, 0.1) is 24.4 Å². The van der Waals surface area contributed by atoms with Gasteiger partial charge in [-0.1, -0.05) is 0 Å². The van der Waals surface area contributed by atoms with Crippen LogP contribution >= 0.6 is 0 Å². The van der Waals surface area contributed by atoms with Crippen LogP contribution < -0.4 is 10.6 Å². The Balaban J connectivity index is 0.000000112. The van der Waals surface area contributed by atoms with Crippen LogP contribution in [0.1, 0.15) is 77.0 Å². The van der Waals surface area contributed by atoms with E-state index >= 15 is 0 Å². The van der Waals surface area contributed by atoms with E-state index in [4.69, 9.17) is 18.9 Å². The summed E-state index contributed by atoms with van der Waals surface area (Å²) in [7, 11) is 24.9. The Labute approximate surface area is 380 Å². The number of hydrogen-bond donors (Lipinski definition) is 2. The second kappa shape index (κ2) is 22.5. The highest BCUT2D eigenvalue weighted by atomic mass is 16.5. The van der Waals surface area contributed by atoms with Gasteiger partial charge in [0, 0.05) is 117 Å². The summed E-state index contributed by atoms with van der Waals surface area (Å²) in [6.07, 6.45) is 18.6. The summed E-state index contributed by atoms with van der Waals surface area (Å²) in [6.45, 7) is 10.2. The Morgan fingerprint density at radius 3 is 0.806 bits per heavy atom. The Morgan fingerprint density at radius 2 is 0.581 bits per heavy atom. The minimum Gasteiger partial charge on any atom is -0.381 e. The molecule has 12 nitrogen and oxygen atoms in total. The largest absolute Gasteiger partial charge is 0.381 e. The van der Waals surface area contributed by atoms with E-state index < -0.39 is 0 Å². The van der Waals surface area contributed by atoms with E-state index in [1.54, 1.807) is 0 Å². The molecule has 16 rings (SSSR count). The van der Waals surface area contributed by atoms with Gasteiger partial charge >= 0.3 is 0 Å². The number of hydrogen-bond acceptors (Lipinski definition) is 12. The second-order valence-corrected chi connectivity index (χ2v) is 22.7. The first-order valence-electron chi connectivity index (χ1n) is 25.5. The molecule has 6 unspecified atom stereocenters. The molecule has 0 spiro atoms. The number of nitrogens with one attached hydrogen (secondary N) is 2. The molecule has 12 heterocycles. The SMILES string of the molecule is CNC1[C@@H]2C[C@H]1CN(C)C2.CNC1[C@@H]2C[C@H]1CN(C)C2.COC1C[C@H]2CC[C@@H](C1)N2C.COC1C[C@H]2CC[C@@H](C1)N2C.COC1[C@@H]2C[C@H]1CN(C)C2.COC1[C@@H]2C[C@H]1CN(C)C2. The lowest BCUT2D eigenvalue weighted by Crippen LogP contribution is -2.61. The molecule has 360 valence electrons. The van der Waals surface area contributed by atoms with Gasteiger partial charge in [-0.05, 0) is 181 Å². The van der Waals surface area contributed by atoms with Crippen molar-refractivity contribution in [3.05, 3.63) is 0 Å². The highest BCUT2D eigenvalue weighted by molar-refractivity contribution is 5.02. The Hall–Kier alpha value is -0.480. The minimum atomic E-state index is 0.545. The zero-order chi connectivity index (χ0) is 44.2. The van der Waals surface area contributed by atoms with Crippen molar-refractivity contribution in [2.75, 3.05) is 137 Å². The summed E-state index contributed by atoms with van der Waals surface area (Å²) in [4.78, 5) is 14.8. The van der Waals surface area contributed by atoms with E-state index in [2.05, 4.69) is 96.4 Å². The van der Waals surface area contributed by atoms with Crippen LogP contribution in [0.3, 0.4) is 0 Å². The van der Waals surface area contributed by atoms with Gasteiger partial charge in [0.1, 0.15) is 0 Å². The summed E-state index contributed by atoms with van der Waals surface area (Å²) in [5, 5.41) is 6.79. The predicted octanol–water partition coefficient (Wildman–Crippen LogP) is 3.99. The average molecular weight is 873 g/mol. The smallest absolute Gasteiger partial charge is 0.0652 e. The molecule has 0 aromatic heterocycles. The Morgan fingerprint density at radius 1 is 0.339 bits per heavy atom. The third-order valence-corrected chi connectivity index (χ3v) is 18.7. The van der Waals surface area contributed by atoms with Crippen molar-refractivity contribution in [2.45, 2.75) is 138 Å². The predicted molar refractivity (Wildman–Crippen MR) is 253 cm³/mol. The van der Waals surface area contributed by atoms with Gasteiger partial charge < -0.3 is 59.0 Å². The molecule has 12 aliphatic heterocycles. The molecule has 12 saturated heterocycles. The van der Waals surface area contributed by atoms with Crippen molar-refractivity contribution in [3.63, 3.8) is 0 Å². The number of ether oxygens (including phenoxy) is 4. The fourth-order valence-corrected chi connectivity index (χ4v) is 15.2. The standard InChI is InChI=1S/2C9H17NO.2C8H16N2.2C8H15NO/c2*1-10-7-3-4-8(10)6-9(5-7)11-2;2*1-9-8-6-3-7(8)5-10(2)4-6;2*1-9-4-6-3-7(5-9)8(6)10-2/h2*7-9H,3-6H2,1-2H3;2*6-9H,3-5H2,1-2H3;2*6-8H,3-5H2,1-2H3/t2*7-,8+,9?;4*6-,7+,8?. The normalized spacial score (nSPS) is 46.1. The summed E-state index contributed by atoms with van der Waals surface area (Å²) in [6, 6.07) is 4.96. The highest BCUT2D eigenvalue weighted by Gasteiger charge is 2.48. The van der Waals surface area contributed by atoms with E-state index in [1.165, 1.54) is 129 Å². The Bertz CT molecular complexity index is 1110. The van der Waals surface area contributed by atoms with E-state index in [0.717, 1.165) is 83.6 Å². The molecular formula is C50H96N8O4. The minimum absolute atomic E-state index is 0.545. The molecule has 18 atom stereocenters. The lowest BCUT2D eigenvalue weighted by Gasteiger charge is -2.52. The van der Waals surface area contributed by atoms with Gasteiger partial charge in [0.2, 0.25) is 0 Å². The molecule has 16 fully saturated rings. The number of methoxy groups -OCH3 is 4. The van der Waals surface area contributed by atoms with Crippen molar-refractivity contribution >= 4 is 0 Å². The lowest BCUT2D eigenvalue weighted by molar-refractivity contribution is -0.121. The van der Waals surface area contributed by atoms with Crippen LogP contribution in [0.5, 0.6) is 0 Å². The van der Waals surface area contributed by atoms with Gasteiger partial charge in [-0.3, -0.25) is 0 Å². The highest BCUT2D eigenvalue weighted by Crippen LogP contribution is 2.43. The van der Waals surface area contributed by atoms with Crippen LogP contribution in [0.25, 0.3) is 0 Å². The molecule has 4 saturated carbocycles. The third kappa shape index (κ3) is 11.4. The first-order valence-corrected chi connectivity index (χ1v) is 25.5. The fraction of sp³-hybridized carbons (Fsp3) is 1.00. The van der Waals surface area contributed by atoms with Crippen LogP contribution in [0.4, 0.5) is 0 Å². The molecule has 0 amide bonds. The maximum absolute atomic E-state index is 5.39. The van der Waals surface area contributed by atoms with Gasteiger partial charge in [0.15, 0.2) is 0 Å². The molecular weight excluding hydrogens is 777 g/mol. The van der Waals surface area contributed by atoms with Crippen LogP contribution in [-0.4, -0.2) is 227 Å². The molecule has 12 bridgehead atoms. The van der Waals surface area contributed by atoms with Crippen molar-refractivity contribution < 1.29 is 18.9 Å². The number of nitrogens with zero attached hydrogens (tertiary/aromatic N) is 6. The van der Waals surface area contributed by atoms with Gasteiger partial charge in [-0.2, -0.15) is 0 Å². The molecule has 62 heavy (non-hydrogen) atoms. The molecule has 0 aromatic rings. The third-order valence-electron chi connectivity index (χ3n) is 18.7. The second-order valence-electron chi connectivity index (χ2n) is 22.7. The van der Waals surface area contributed by atoms with Gasteiger partial charge in [-0.25, -0.2) is 0 Å². The first kappa shape index (κ1) is 49.4. The summed E-state index contributed by atoms with van der Waals surface area (Å²) in [5.41, 5.74) is 0. The van der Waals surface area contributed by atoms with Gasteiger partial charge in [-0.15, -0.1) is 0 Å². The molecule has 0 radical (unpaired) electrons. The van der Waals surface area contributed by atoms with E-state index in [1.807, 2.05) is 28.4 Å². The number of rotatable bonds is 6.